The molecule has 0 fully saturated rings. The first kappa shape index (κ1) is 27.3. The number of hydrogen-bond acceptors (Lipinski definition) is 2. The second-order valence-corrected chi connectivity index (χ2v) is 14.5. The number of hydrogen-bond donors (Lipinski definition) is 0. The maximum Gasteiger partial charge on any atom is 0.138 e. The third-order valence-corrected chi connectivity index (χ3v) is 12.3. The molecular formula is C46H30N2S. The topological polar surface area (TPSA) is 17.8 Å². The molecule has 3 heteroatoms. The quantitative estimate of drug-likeness (QED) is 0.187. The summed E-state index contributed by atoms with van der Waals surface area (Å²) in [5.74, 6) is 1.56. The summed E-state index contributed by atoms with van der Waals surface area (Å²) in [4.78, 5) is 8.04. The van der Waals surface area contributed by atoms with E-state index in [4.69, 9.17) is 4.98 Å². The average molecular weight is 643 g/mol. The Kier molecular flexibility index (Phi) is 5.68. The molecule has 0 saturated heterocycles. The Labute approximate surface area is 289 Å². The van der Waals surface area contributed by atoms with Crippen molar-refractivity contribution in [1.82, 2.24) is 9.55 Å². The molecule has 2 aliphatic carbocycles. The first-order valence-corrected chi connectivity index (χ1v) is 17.9. The van der Waals surface area contributed by atoms with Crippen LogP contribution in [0.15, 0.2) is 180 Å². The van der Waals surface area contributed by atoms with Gasteiger partial charge in [-0.25, -0.2) is 4.98 Å². The highest BCUT2D eigenvalue weighted by atomic mass is 32.2. The molecule has 3 heterocycles. The van der Waals surface area contributed by atoms with Crippen LogP contribution in [0, 0.1) is 5.92 Å². The lowest BCUT2D eigenvalue weighted by Crippen LogP contribution is -2.37. The van der Waals surface area contributed by atoms with E-state index in [0.717, 1.165) is 16.7 Å². The Morgan fingerprint density at radius 3 is 2.24 bits per heavy atom. The van der Waals surface area contributed by atoms with Crippen LogP contribution in [0.5, 0.6) is 0 Å². The number of fused-ring (bicyclic) bond motifs is 14. The Morgan fingerprint density at radius 1 is 0.592 bits per heavy atom. The molecule has 6 aromatic carbocycles. The lowest BCUT2D eigenvalue weighted by atomic mass is 9.62. The van der Waals surface area contributed by atoms with E-state index in [1.807, 2.05) is 11.8 Å². The van der Waals surface area contributed by atoms with Crippen molar-refractivity contribution in [2.24, 2.45) is 5.92 Å². The Morgan fingerprint density at radius 2 is 1.33 bits per heavy atom. The van der Waals surface area contributed by atoms with Gasteiger partial charge in [0, 0.05) is 37.8 Å². The predicted octanol–water partition coefficient (Wildman–Crippen LogP) is 11.6. The third kappa shape index (κ3) is 3.60. The highest BCUT2D eigenvalue weighted by Gasteiger charge is 2.56. The van der Waals surface area contributed by atoms with E-state index in [-0.39, 0.29) is 11.3 Å². The summed E-state index contributed by atoms with van der Waals surface area (Å²) in [5, 5.41) is 3.72. The zero-order valence-corrected chi connectivity index (χ0v) is 27.4. The molecule has 230 valence electrons. The van der Waals surface area contributed by atoms with Crippen molar-refractivity contribution in [3.05, 3.63) is 192 Å². The van der Waals surface area contributed by atoms with Crippen LogP contribution in [-0.2, 0) is 5.41 Å². The Balaban J connectivity index is 1.25. The van der Waals surface area contributed by atoms with Crippen molar-refractivity contribution in [1.29, 1.82) is 0 Å². The summed E-state index contributed by atoms with van der Waals surface area (Å²) >= 11 is 1.94. The summed E-state index contributed by atoms with van der Waals surface area (Å²) in [6, 6.07) is 53.6. The first-order chi connectivity index (χ1) is 24.3. The number of para-hydroxylation sites is 2. The summed E-state index contributed by atoms with van der Waals surface area (Å²) in [6.45, 7) is 0. The van der Waals surface area contributed by atoms with Crippen LogP contribution in [0.2, 0.25) is 0 Å². The molecule has 1 aliphatic heterocycles. The molecule has 3 atom stereocenters. The number of rotatable bonds is 2. The Hall–Kier alpha value is -5.64. The molecular weight excluding hydrogens is 613 g/mol. The minimum absolute atomic E-state index is 0.289. The van der Waals surface area contributed by atoms with Gasteiger partial charge in [-0.05, 0) is 63.7 Å². The van der Waals surface area contributed by atoms with Crippen LogP contribution < -0.4 is 0 Å². The summed E-state index contributed by atoms with van der Waals surface area (Å²) in [5.41, 5.74) is 11.1. The smallest absolute Gasteiger partial charge is 0.138 e. The zero-order valence-electron chi connectivity index (χ0n) is 26.6. The standard InChI is InChI=1S/C46H30N2S/c1-2-14-29(15-3-1)34-28-43(47-39-23-11-6-18-32(34)39)48-40-24-12-7-19-33(40)44-41(48)27-26-38-45(44)49-42-25-13-10-22-37(42)46(38)35-20-8-4-16-30(35)31-17-5-9-21-36(31)46/h1-28,30,35H. The fourth-order valence-electron chi connectivity index (χ4n) is 9.25. The number of allylic oxidation sites excluding steroid dienone is 4. The van der Waals surface area contributed by atoms with Gasteiger partial charge in [-0.3, -0.25) is 4.57 Å². The van der Waals surface area contributed by atoms with Gasteiger partial charge in [0.25, 0.3) is 0 Å². The second-order valence-electron chi connectivity index (χ2n) is 13.4. The minimum atomic E-state index is -0.293. The lowest BCUT2D eigenvalue weighted by molar-refractivity contribution is 0.443. The number of benzene rings is 6. The third-order valence-electron chi connectivity index (χ3n) is 11.1. The van der Waals surface area contributed by atoms with Crippen molar-refractivity contribution < 1.29 is 0 Å². The summed E-state index contributed by atoms with van der Waals surface area (Å²) in [7, 11) is 0. The van der Waals surface area contributed by atoms with Gasteiger partial charge in [-0.2, -0.15) is 0 Å². The van der Waals surface area contributed by atoms with Gasteiger partial charge in [0.2, 0.25) is 0 Å². The van der Waals surface area contributed by atoms with Crippen molar-refractivity contribution in [3.8, 4) is 16.9 Å². The molecule has 49 heavy (non-hydrogen) atoms. The lowest BCUT2D eigenvalue weighted by Gasteiger charge is -2.43. The SMILES string of the molecule is C1=CC2c3ccccc3C3(c4ccccc4Sc4c3ccc3c4c4ccccc4n3-c3cc(-c4ccccc4)c4ccccc4n3)C2C=C1. The molecule has 0 saturated carbocycles. The average Bonchev–Trinajstić information content (AvgIpc) is 3.66. The van der Waals surface area contributed by atoms with Crippen LogP contribution in [0.1, 0.15) is 28.2 Å². The van der Waals surface area contributed by atoms with Gasteiger partial charge in [0.1, 0.15) is 5.82 Å². The highest BCUT2D eigenvalue weighted by molar-refractivity contribution is 7.99. The van der Waals surface area contributed by atoms with Crippen molar-refractivity contribution in [2.75, 3.05) is 0 Å². The molecule has 1 spiro atoms. The maximum absolute atomic E-state index is 5.35. The summed E-state index contributed by atoms with van der Waals surface area (Å²) in [6.07, 6.45) is 9.39. The van der Waals surface area contributed by atoms with Gasteiger partial charge >= 0.3 is 0 Å². The number of aromatic nitrogens is 2. The summed E-state index contributed by atoms with van der Waals surface area (Å²) < 4.78 is 2.40. The molecule has 3 aliphatic rings. The molecule has 0 amide bonds. The molecule has 3 unspecified atom stereocenters. The van der Waals surface area contributed by atoms with Crippen LogP contribution in [0.3, 0.4) is 0 Å². The number of pyridine rings is 1. The van der Waals surface area contributed by atoms with Crippen molar-refractivity contribution in [3.63, 3.8) is 0 Å². The zero-order chi connectivity index (χ0) is 32.1. The van der Waals surface area contributed by atoms with E-state index in [2.05, 4.69) is 174 Å². The van der Waals surface area contributed by atoms with Gasteiger partial charge in [0.15, 0.2) is 0 Å². The van der Waals surface area contributed by atoms with Gasteiger partial charge in [-0.15, -0.1) is 0 Å². The fraction of sp³-hybridized carbons (Fsp3) is 0.0652. The molecule has 2 aromatic heterocycles. The first-order valence-electron chi connectivity index (χ1n) is 17.1. The minimum Gasteiger partial charge on any atom is -0.294 e. The highest BCUT2D eigenvalue weighted by Crippen LogP contribution is 2.65. The van der Waals surface area contributed by atoms with Gasteiger partial charge in [0.05, 0.1) is 22.0 Å². The van der Waals surface area contributed by atoms with E-state index >= 15 is 0 Å². The van der Waals surface area contributed by atoms with Crippen molar-refractivity contribution in [2.45, 2.75) is 21.1 Å². The second kappa shape index (κ2) is 10.2. The number of nitrogens with zero attached hydrogens (tertiary/aromatic N) is 2. The molecule has 0 radical (unpaired) electrons. The van der Waals surface area contributed by atoms with Crippen LogP contribution in [0.25, 0.3) is 49.7 Å². The van der Waals surface area contributed by atoms with E-state index < -0.39 is 0 Å². The van der Waals surface area contributed by atoms with Gasteiger partial charge in [-0.1, -0.05) is 151 Å². The van der Waals surface area contributed by atoms with Gasteiger partial charge < -0.3 is 0 Å². The van der Waals surface area contributed by atoms with Crippen LogP contribution >= 0.6 is 11.8 Å². The normalized spacial score (nSPS) is 20.1. The van der Waals surface area contributed by atoms with E-state index in [1.165, 1.54) is 65.0 Å². The van der Waals surface area contributed by atoms with Crippen molar-refractivity contribution >= 4 is 44.5 Å². The van der Waals surface area contributed by atoms with E-state index in [0.29, 0.717) is 5.92 Å². The molecule has 11 rings (SSSR count). The molecule has 2 nitrogen and oxygen atoms in total. The molecule has 0 bridgehead atoms. The van der Waals surface area contributed by atoms with E-state index in [9.17, 15) is 0 Å². The van der Waals surface area contributed by atoms with Crippen LogP contribution in [-0.4, -0.2) is 9.55 Å². The monoisotopic (exact) mass is 642 g/mol. The van der Waals surface area contributed by atoms with E-state index in [1.54, 1.807) is 0 Å². The Bertz CT molecular complexity index is 2720. The maximum atomic E-state index is 5.35. The molecule has 0 N–H and O–H groups in total. The fourth-order valence-corrected chi connectivity index (χ4v) is 10.6. The van der Waals surface area contributed by atoms with Crippen LogP contribution in [0.4, 0.5) is 0 Å². The molecule has 8 aromatic rings. The predicted molar refractivity (Wildman–Crippen MR) is 203 cm³/mol. The largest absolute Gasteiger partial charge is 0.294 e.